The first-order valence-electron chi connectivity index (χ1n) is 10.1. The van der Waals surface area contributed by atoms with E-state index in [1.807, 2.05) is 69.3 Å². The molecule has 1 aliphatic rings. The fraction of sp³-hybridized carbons (Fsp3) is 0.391. The number of hydrogen-bond acceptors (Lipinski definition) is 5. The van der Waals surface area contributed by atoms with E-state index >= 15 is 0 Å². The molecule has 1 amide bonds. The van der Waals surface area contributed by atoms with Crippen LogP contribution in [0.4, 0.5) is 4.79 Å². The van der Waals surface area contributed by atoms with Crippen molar-refractivity contribution in [3.63, 3.8) is 0 Å². The van der Waals surface area contributed by atoms with Gasteiger partial charge in [0.1, 0.15) is 18.4 Å². The maximum atomic E-state index is 13.0. The van der Waals surface area contributed by atoms with E-state index in [0.717, 1.165) is 10.5 Å². The molecule has 0 spiro atoms. The van der Waals surface area contributed by atoms with Crippen LogP contribution in [0.15, 0.2) is 60.7 Å². The van der Waals surface area contributed by atoms with Crippen LogP contribution in [0, 0.1) is 5.41 Å². The topological polar surface area (TPSA) is 65.1 Å². The Kier molecular flexibility index (Phi) is 5.98. The van der Waals surface area contributed by atoms with Crippen molar-refractivity contribution in [2.75, 3.05) is 6.61 Å². The number of benzene rings is 2. The summed E-state index contributed by atoms with van der Waals surface area (Å²) in [5, 5.41) is 0. The fourth-order valence-corrected chi connectivity index (χ4v) is 3.03. The lowest BCUT2D eigenvalue weighted by molar-refractivity contribution is -0.147. The number of amides is 1. The minimum Gasteiger partial charge on any atom is -0.494 e. The van der Waals surface area contributed by atoms with Gasteiger partial charge in [-0.15, -0.1) is 0 Å². The van der Waals surface area contributed by atoms with Crippen molar-refractivity contribution in [3.8, 4) is 5.75 Å². The van der Waals surface area contributed by atoms with E-state index in [-0.39, 0.29) is 19.6 Å². The van der Waals surface area contributed by atoms with E-state index < -0.39 is 29.7 Å². The third-order valence-corrected chi connectivity index (χ3v) is 4.47. The molecule has 2 aromatic carbocycles. The second-order valence-electron chi connectivity index (χ2n) is 7.89. The summed E-state index contributed by atoms with van der Waals surface area (Å²) in [6.45, 7) is 5.64. The van der Waals surface area contributed by atoms with E-state index in [0.29, 0.717) is 5.75 Å². The summed E-state index contributed by atoms with van der Waals surface area (Å²) in [4.78, 5) is 26.8. The maximum absolute atomic E-state index is 13.0. The highest BCUT2D eigenvalue weighted by molar-refractivity contribution is 5.84. The molecule has 0 aromatic heterocycles. The number of ether oxygens (including phenoxy) is 3. The van der Waals surface area contributed by atoms with Gasteiger partial charge in [0.15, 0.2) is 6.23 Å². The number of esters is 1. The zero-order chi connectivity index (χ0) is 21.8. The Balaban J connectivity index is 1.76. The Labute approximate surface area is 172 Å². The number of nitrogens with zero attached hydrogens (tertiary/aromatic N) is 1. The third-order valence-electron chi connectivity index (χ3n) is 4.47. The molecule has 0 N–H and O–H groups in total. The molecule has 6 heteroatoms. The minimum atomic E-state index is -1.93. The summed E-state index contributed by atoms with van der Waals surface area (Å²) < 4.78 is 25.4. The summed E-state index contributed by atoms with van der Waals surface area (Å²) in [5.74, 6) is -0.159. The Morgan fingerprint density at radius 3 is 2.34 bits per heavy atom. The average molecular weight is 398 g/mol. The standard InChI is InChI=1S/C23H27NO5/c1-23(2,3)21-24(22(26)28-16-17-10-6-4-7-11-17)19(20(25)29-21)14-15-27-18-12-8-5-9-13-18/h4-13,19,21H,14-16H2,1-3H3/t19-,21-/m0/s1/i19D. The molecule has 29 heavy (non-hydrogen) atoms. The summed E-state index contributed by atoms with van der Waals surface area (Å²) in [7, 11) is 0. The molecule has 0 aliphatic carbocycles. The van der Waals surface area contributed by atoms with Gasteiger partial charge in [-0.05, 0) is 17.7 Å². The van der Waals surface area contributed by atoms with E-state index in [1.165, 1.54) is 0 Å². The van der Waals surface area contributed by atoms with E-state index in [1.54, 1.807) is 12.1 Å². The van der Waals surface area contributed by atoms with Crippen LogP contribution in [0.1, 0.15) is 34.1 Å². The van der Waals surface area contributed by atoms with Crippen molar-refractivity contribution in [1.82, 2.24) is 4.90 Å². The predicted molar refractivity (Wildman–Crippen MR) is 108 cm³/mol. The Morgan fingerprint density at radius 1 is 1.10 bits per heavy atom. The molecule has 0 saturated carbocycles. The molecule has 154 valence electrons. The molecule has 6 nitrogen and oxygen atoms in total. The quantitative estimate of drug-likeness (QED) is 0.675. The molecule has 0 unspecified atom stereocenters. The predicted octanol–water partition coefficient (Wildman–Crippen LogP) is 4.39. The second-order valence-corrected chi connectivity index (χ2v) is 7.89. The molecule has 1 saturated heterocycles. The molecule has 0 radical (unpaired) electrons. The van der Waals surface area contributed by atoms with Gasteiger partial charge < -0.3 is 14.2 Å². The van der Waals surface area contributed by atoms with Gasteiger partial charge in [-0.2, -0.15) is 0 Å². The fourth-order valence-electron chi connectivity index (χ4n) is 3.03. The number of cyclic esters (lactones) is 1. The number of para-hydroxylation sites is 1. The maximum Gasteiger partial charge on any atom is 0.413 e. The summed E-state index contributed by atoms with van der Waals surface area (Å²) >= 11 is 0. The molecule has 1 fully saturated rings. The third kappa shape index (κ3) is 5.28. The number of carbonyl (C=O) groups excluding carboxylic acids is 2. The Hall–Kier alpha value is -3.02. The lowest BCUT2D eigenvalue weighted by Gasteiger charge is -2.33. The van der Waals surface area contributed by atoms with E-state index in [9.17, 15) is 9.59 Å². The molecule has 2 aromatic rings. The molecular weight excluding hydrogens is 370 g/mol. The van der Waals surface area contributed by atoms with Crippen LogP contribution in [-0.2, 0) is 20.9 Å². The van der Waals surface area contributed by atoms with Crippen LogP contribution in [-0.4, -0.2) is 35.8 Å². The van der Waals surface area contributed by atoms with Crippen molar-refractivity contribution in [2.45, 2.75) is 46.0 Å². The average Bonchev–Trinajstić information content (AvgIpc) is 2.99. The van der Waals surface area contributed by atoms with Crippen molar-refractivity contribution in [3.05, 3.63) is 66.2 Å². The molecule has 0 bridgehead atoms. The van der Waals surface area contributed by atoms with Crippen LogP contribution >= 0.6 is 0 Å². The number of hydrogen-bond donors (Lipinski definition) is 0. The van der Waals surface area contributed by atoms with E-state index in [2.05, 4.69) is 0 Å². The van der Waals surface area contributed by atoms with Crippen LogP contribution in [0.25, 0.3) is 0 Å². The van der Waals surface area contributed by atoms with Crippen molar-refractivity contribution in [1.29, 1.82) is 0 Å². The molecule has 1 heterocycles. The summed E-state index contributed by atoms with van der Waals surface area (Å²) in [6, 6.07) is 16.4. The molecular formula is C23H27NO5. The zero-order valence-corrected chi connectivity index (χ0v) is 17.0. The zero-order valence-electron chi connectivity index (χ0n) is 18.0. The van der Waals surface area contributed by atoms with Gasteiger partial charge in [-0.1, -0.05) is 69.3 Å². The summed E-state index contributed by atoms with van der Waals surface area (Å²) in [5.41, 5.74) is 0.220. The summed E-state index contributed by atoms with van der Waals surface area (Å²) in [6.07, 6.45) is -1.73. The van der Waals surface area contributed by atoms with Crippen LogP contribution < -0.4 is 4.74 Å². The first-order chi connectivity index (χ1) is 14.2. The van der Waals surface area contributed by atoms with Gasteiger partial charge in [0.05, 0.1) is 7.98 Å². The first kappa shape index (κ1) is 19.3. The minimum absolute atomic E-state index is 0.0395. The van der Waals surface area contributed by atoms with Crippen LogP contribution in [0.2, 0.25) is 0 Å². The largest absolute Gasteiger partial charge is 0.494 e. The smallest absolute Gasteiger partial charge is 0.413 e. The van der Waals surface area contributed by atoms with Gasteiger partial charge >= 0.3 is 12.1 Å². The Morgan fingerprint density at radius 2 is 1.72 bits per heavy atom. The number of carbonyl (C=O) groups is 2. The van der Waals surface area contributed by atoms with Gasteiger partial charge in [-0.25, -0.2) is 9.59 Å². The lowest BCUT2D eigenvalue weighted by Crippen LogP contribution is -2.48. The first-order valence-corrected chi connectivity index (χ1v) is 9.61. The van der Waals surface area contributed by atoms with E-state index in [4.69, 9.17) is 15.6 Å². The van der Waals surface area contributed by atoms with Gasteiger partial charge in [0, 0.05) is 11.8 Å². The second kappa shape index (κ2) is 8.99. The van der Waals surface area contributed by atoms with Crippen molar-refractivity contribution in [2.24, 2.45) is 5.41 Å². The van der Waals surface area contributed by atoms with Gasteiger partial charge in [-0.3, -0.25) is 4.90 Å². The molecule has 2 atom stereocenters. The Bertz CT molecular complexity index is 868. The van der Waals surface area contributed by atoms with Crippen LogP contribution in [0.3, 0.4) is 0 Å². The molecule has 3 rings (SSSR count). The monoisotopic (exact) mass is 398 g/mol. The highest BCUT2D eigenvalue weighted by Crippen LogP contribution is 2.34. The normalized spacial score (nSPS) is 22.0. The highest BCUT2D eigenvalue weighted by Gasteiger charge is 2.50. The SMILES string of the molecule is [2H][C@]1(CCOc2ccccc2)C(=O)O[C@@H](C(C)(C)C)N1C(=O)OCc1ccccc1. The lowest BCUT2D eigenvalue weighted by atomic mass is 9.93. The molecule has 1 aliphatic heterocycles. The highest BCUT2D eigenvalue weighted by atomic mass is 16.6. The van der Waals surface area contributed by atoms with Gasteiger partial charge in [0.2, 0.25) is 0 Å². The van der Waals surface area contributed by atoms with Crippen molar-refractivity contribution >= 4 is 12.1 Å². The number of rotatable bonds is 6. The van der Waals surface area contributed by atoms with Crippen LogP contribution in [0.5, 0.6) is 5.75 Å². The van der Waals surface area contributed by atoms with Crippen molar-refractivity contribution < 1.29 is 25.2 Å². The van der Waals surface area contributed by atoms with Gasteiger partial charge in [0.25, 0.3) is 0 Å².